The van der Waals surface area contributed by atoms with Gasteiger partial charge in [0.15, 0.2) is 0 Å². The van der Waals surface area contributed by atoms with E-state index in [0.717, 1.165) is 4.47 Å². The van der Waals surface area contributed by atoms with E-state index < -0.39 is 0 Å². The van der Waals surface area contributed by atoms with Crippen molar-refractivity contribution in [3.05, 3.63) is 49.6 Å². The highest BCUT2D eigenvalue weighted by Crippen LogP contribution is 2.27. The van der Waals surface area contributed by atoms with Gasteiger partial charge < -0.3 is 5.73 Å². The van der Waals surface area contributed by atoms with Crippen molar-refractivity contribution in [1.29, 1.82) is 0 Å². The lowest BCUT2D eigenvalue weighted by Crippen LogP contribution is -2.03. The summed E-state index contributed by atoms with van der Waals surface area (Å²) < 4.78 is 1.42. The van der Waals surface area contributed by atoms with Crippen LogP contribution in [0.1, 0.15) is 15.2 Å². The van der Waals surface area contributed by atoms with Crippen molar-refractivity contribution in [3.8, 4) is 0 Å². The first-order chi connectivity index (χ1) is 7.58. The van der Waals surface area contributed by atoms with Gasteiger partial charge in [-0.2, -0.15) is 0 Å². The Labute approximate surface area is 110 Å². The van der Waals surface area contributed by atoms with Gasteiger partial charge in [-0.1, -0.05) is 27.5 Å². The molecule has 0 amide bonds. The average molecular weight is 317 g/mol. The van der Waals surface area contributed by atoms with Gasteiger partial charge in [0, 0.05) is 15.7 Å². The summed E-state index contributed by atoms with van der Waals surface area (Å²) in [6.45, 7) is 0. The van der Waals surface area contributed by atoms with E-state index in [1.165, 1.54) is 11.3 Å². The molecular formula is C11H7BrClNOS. The highest BCUT2D eigenvalue weighted by atomic mass is 79.9. The molecule has 82 valence electrons. The summed E-state index contributed by atoms with van der Waals surface area (Å²) in [6.07, 6.45) is 0. The van der Waals surface area contributed by atoms with Crippen LogP contribution in [0.4, 0.5) is 5.69 Å². The second-order valence-electron chi connectivity index (χ2n) is 3.16. The lowest BCUT2D eigenvalue weighted by molar-refractivity contribution is 0.104. The van der Waals surface area contributed by atoms with Gasteiger partial charge in [-0.15, -0.1) is 11.3 Å². The third-order valence-electron chi connectivity index (χ3n) is 2.06. The molecule has 2 rings (SSSR count). The van der Waals surface area contributed by atoms with E-state index in [1.54, 1.807) is 30.3 Å². The van der Waals surface area contributed by atoms with Crippen molar-refractivity contribution in [2.24, 2.45) is 0 Å². The topological polar surface area (TPSA) is 43.1 Å². The van der Waals surface area contributed by atoms with Crippen molar-refractivity contribution in [1.82, 2.24) is 0 Å². The number of hydrogen-bond acceptors (Lipinski definition) is 3. The van der Waals surface area contributed by atoms with Crippen LogP contribution in [0.25, 0.3) is 0 Å². The Morgan fingerprint density at radius 3 is 2.69 bits per heavy atom. The Kier molecular flexibility index (Phi) is 3.33. The standard InChI is InChI=1S/C11H7BrClNOS/c12-6-1-2-8(14)7(5-6)11(15)9-3-4-10(13)16-9/h1-5H,14H2. The molecule has 2 N–H and O–H groups in total. The number of halogens is 2. The zero-order valence-electron chi connectivity index (χ0n) is 8.04. The molecule has 0 bridgehead atoms. The van der Waals surface area contributed by atoms with E-state index in [-0.39, 0.29) is 5.78 Å². The summed E-state index contributed by atoms with van der Waals surface area (Å²) in [5.74, 6) is -0.101. The minimum absolute atomic E-state index is 0.101. The van der Waals surface area contributed by atoms with Gasteiger partial charge in [0.05, 0.1) is 9.21 Å². The molecule has 1 aromatic heterocycles. The van der Waals surface area contributed by atoms with Crippen molar-refractivity contribution in [2.45, 2.75) is 0 Å². The number of carbonyl (C=O) groups is 1. The Bertz CT molecular complexity index is 553. The Balaban J connectivity index is 2.45. The van der Waals surface area contributed by atoms with E-state index in [1.807, 2.05) is 0 Å². The van der Waals surface area contributed by atoms with E-state index >= 15 is 0 Å². The van der Waals surface area contributed by atoms with Crippen LogP contribution in [0.3, 0.4) is 0 Å². The third-order valence-corrected chi connectivity index (χ3v) is 3.78. The van der Waals surface area contributed by atoms with Gasteiger partial charge >= 0.3 is 0 Å². The molecule has 0 spiro atoms. The maximum Gasteiger partial charge on any atom is 0.205 e. The number of rotatable bonds is 2. The molecule has 2 nitrogen and oxygen atoms in total. The number of carbonyl (C=O) groups excluding carboxylic acids is 1. The van der Waals surface area contributed by atoms with E-state index in [0.29, 0.717) is 20.5 Å². The normalized spacial score (nSPS) is 10.4. The highest BCUT2D eigenvalue weighted by molar-refractivity contribution is 9.10. The number of nitrogens with two attached hydrogens (primary N) is 1. The van der Waals surface area contributed by atoms with E-state index in [9.17, 15) is 4.79 Å². The van der Waals surface area contributed by atoms with Crippen LogP contribution in [0.15, 0.2) is 34.8 Å². The molecule has 0 saturated carbocycles. The first-order valence-electron chi connectivity index (χ1n) is 4.43. The van der Waals surface area contributed by atoms with Gasteiger partial charge in [0.25, 0.3) is 0 Å². The number of benzene rings is 1. The molecule has 0 atom stereocenters. The summed E-state index contributed by atoms with van der Waals surface area (Å²) in [5.41, 5.74) is 6.73. The van der Waals surface area contributed by atoms with Crippen molar-refractivity contribution < 1.29 is 4.79 Å². The van der Waals surface area contributed by atoms with Gasteiger partial charge in [0.1, 0.15) is 0 Å². The highest BCUT2D eigenvalue weighted by Gasteiger charge is 2.14. The predicted molar refractivity (Wildman–Crippen MR) is 71.3 cm³/mol. The van der Waals surface area contributed by atoms with Crippen LogP contribution >= 0.6 is 38.9 Å². The zero-order valence-corrected chi connectivity index (χ0v) is 11.2. The van der Waals surface area contributed by atoms with Crippen LogP contribution in [-0.2, 0) is 0 Å². The molecule has 0 saturated heterocycles. The number of hydrogen-bond donors (Lipinski definition) is 1. The number of anilines is 1. The molecule has 1 heterocycles. The fourth-order valence-corrected chi connectivity index (χ4v) is 2.65. The fourth-order valence-electron chi connectivity index (χ4n) is 1.29. The largest absolute Gasteiger partial charge is 0.398 e. The molecule has 2 aromatic rings. The first-order valence-corrected chi connectivity index (χ1v) is 6.42. The van der Waals surface area contributed by atoms with Gasteiger partial charge in [-0.3, -0.25) is 4.79 Å². The van der Waals surface area contributed by atoms with Crippen LogP contribution in [-0.4, -0.2) is 5.78 Å². The number of thiophene rings is 1. The molecular weight excluding hydrogens is 310 g/mol. The molecule has 0 aliphatic heterocycles. The second kappa shape index (κ2) is 4.57. The monoisotopic (exact) mass is 315 g/mol. The lowest BCUT2D eigenvalue weighted by Gasteiger charge is -2.03. The molecule has 16 heavy (non-hydrogen) atoms. The third kappa shape index (κ3) is 2.29. The van der Waals surface area contributed by atoms with Crippen LogP contribution in [0.2, 0.25) is 4.34 Å². The maximum absolute atomic E-state index is 12.1. The van der Waals surface area contributed by atoms with E-state index in [2.05, 4.69) is 15.9 Å². The second-order valence-corrected chi connectivity index (χ2v) is 5.80. The molecule has 0 unspecified atom stereocenters. The smallest absolute Gasteiger partial charge is 0.205 e. The SMILES string of the molecule is Nc1ccc(Br)cc1C(=O)c1ccc(Cl)s1. The quantitative estimate of drug-likeness (QED) is 0.673. The maximum atomic E-state index is 12.1. The summed E-state index contributed by atoms with van der Waals surface area (Å²) in [7, 11) is 0. The van der Waals surface area contributed by atoms with Gasteiger partial charge in [-0.05, 0) is 30.3 Å². The average Bonchev–Trinajstić information content (AvgIpc) is 2.67. The molecule has 0 fully saturated rings. The van der Waals surface area contributed by atoms with Crippen molar-refractivity contribution in [3.63, 3.8) is 0 Å². The Morgan fingerprint density at radius 2 is 2.06 bits per heavy atom. The van der Waals surface area contributed by atoms with Crippen molar-refractivity contribution in [2.75, 3.05) is 5.73 Å². The molecule has 5 heteroatoms. The van der Waals surface area contributed by atoms with Crippen molar-refractivity contribution >= 4 is 50.3 Å². The predicted octanol–water partition coefficient (Wildman–Crippen LogP) is 3.98. The zero-order chi connectivity index (χ0) is 11.7. The summed E-state index contributed by atoms with van der Waals surface area (Å²) in [6, 6.07) is 8.62. The molecule has 0 radical (unpaired) electrons. The number of ketones is 1. The summed E-state index contributed by atoms with van der Waals surface area (Å²) in [4.78, 5) is 12.7. The van der Waals surface area contributed by atoms with Gasteiger partial charge in [-0.25, -0.2) is 0 Å². The summed E-state index contributed by atoms with van der Waals surface area (Å²) in [5, 5.41) is 0. The Morgan fingerprint density at radius 1 is 1.31 bits per heavy atom. The van der Waals surface area contributed by atoms with Gasteiger partial charge in [0.2, 0.25) is 5.78 Å². The molecule has 0 aliphatic carbocycles. The molecule has 1 aromatic carbocycles. The first kappa shape index (κ1) is 11.6. The molecule has 0 aliphatic rings. The lowest BCUT2D eigenvalue weighted by atomic mass is 10.1. The van der Waals surface area contributed by atoms with Crippen LogP contribution < -0.4 is 5.73 Å². The van der Waals surface area contributed by atoms with Crippen LogP contribution in [0.5, 0.6) is 0 Å². The van der Waals surface area contributed by atoms with E-state index in [4.69, 9.17) is 17.3 Å². The Hall–Kier alpha value is -0.840. The fraction of sp³-hybridized carbons (Fsp3) is 0. The minimum atomic E-state index is -0.101. The minimum Gasteiger partial charge on any atom is -0.398 e. The summed E-state index contributed by atoms with van der Waals surface area (Å²) >= 11 is 10.4. The number of nitrogen functional groups attached to an aromatic ring is 1. The van der Waals surface area contributed by atoms with Crippen LogP contribution in [0, 0.1) is 0 Å².